The van der Waals surface area contributed by atoms with E-state index in [1.54, 1.807) is 23.0 Å². The van der Waals surface area contributed by atoms with Gasteiger partial charge in [0.05, 0.1) is 41.4 Å². The molecule has 0 radical (unpaired) electrons. The van der Waals surface area contributed by atoms with Crippen LogP contribution in [0.5, 0.6) is 5.88 Å². The number of aliphatic imine (C=N–C) groups is 1. The van der Waals surface area contributed by atoms with Gasteiger partial charge in [-0.25, -0.2) is 13.5 Å². The molecule has 2 atom stereocenters. The van der Waals surface area contributed by atoms with Gasteiger partial charge in [-0.05, 0) is 86.6 Å². The number of amides is 3. The Hall–Kier alpha value is -5.74. The molecule has 0 spiro atoms. The van der Waals surface area contributed by atoms with E-state index in [4.69, 9.17) is 9.72 Å². The number of carbonyl (C=O) groups excluding carboxylic acids is 3. The zero-order valence-corrected chi connectivity index (χ0v) is 35.1. The number of hydrogen-bond acceptors (Lipinski definition) is 11. The second-order valence-corrected chi connectivity index (χ2v) is 17.4. The zero-order valence-electron chi connectivity index (χ0n) is 35.1. The Bertz CT molecular complexity index is 2400. The van der Waals surface area contributed by atoms with E-state index in [0.717, 1.165) is 69.0 Å². The number of rotatable bonds is 6. The predicted molar refractivity (Wildman–Crippen MR) is 228 cm³/mol. The molecule has 2 aromatic carbocycles. The van der Waals surface area contributed by atoms with Gasteiger partial charge in [-0.3, -0.25) is 29.6 Å². The molecule has 2 aromatic heterocycles. The number of benzene rings is 2. The number of piperazine rings is 1. The molecule has 16 heteroatoms. The zero-order chi connectivity index (χ0) is 42.5. The minimum absolute atomic E-state index is 0.0604. The van der Waals surface area contributed by atoms with Crippen molar-refractivity contribution >= 4 is 40.7 Å². The van der Waals surface area contributed by atoms with Crippen LogP contribution in [-0.2, 0) is 23.2 Å². The van der Waals surface area contributed by atoms with Crippen molar-refractivity contribution in [3.63, 3.8) is 0 Å². The number of halogens is 2. The van der Waals surface area contributed by atoms with E-state index in [-0.39, 0.29) is 30.2 Å². The van der Waals surface area contributed by atoms with E-state index < -0.39 is 29.4 Å². The monoisotopic (exact) mass is 834 g/mol. The molecule has 320 valence electrons. The van der Waals surface area contributed by atoms with Crippen molar-refractivity contribution in [2.45, 2.75) is 58.9 Å². The van der Waals surface area contributed by atoms with Gasteiger partial charge in [-0.1, -0.05) is 6.92 Å². The van der Waals surface area contributed by atoms with Gasteiger partial charge in [0, 0.05) is 101 Å². The highest BCUT2D eigenvalue weighted by Crippen LogP contribution is 2.38. The number of hydrogen-bond donors (Lipinski definition) is 2. The van der Waals surface area contributed by atoms with Crippen LogP contribution in [0.4, 0.5) is 25.8 Å². The fourth-order valence-corrected chi connectivity index (χ4v) is 9.36. The van der Waals surface area contributed by atoms with E-state index in [2.05, 4.69) is 61.4 Å². The lowest BCUT2D eigenvalue weighted by atomic mass is 9.89. The standard InChI is InChI=1S/C45H52F2N10O4/c1-26-6-5-13-61-44-34(20-48-53(44)4)37-16-30(15-28(3)49-37)42(59)52-45-50-38-14-27(2)31(17-39(38)57(45)21-26)25-55-11-9-54(10-12-55)22-29-23-56(24-29)32-18-35(46)41(36(47)19-32)33-7-8-40(58)51-43(33)60/h14-20,26,29,33H,5-13,21-25H2,1-4H3,(H,50,52,59)(H,51,58,60)/t26-,33-/m1/s1. The molecule has 5 aliphatic rings. The molecule has 5 aliphatic heterocycles. The number of aryl methyl sites for hydroxylation is 3. The van der Waals surface area contributed by atoms with Crippen LogP contribution in [0, 0.1) is 37.3 Å². The number of imide groups is 1. The maximum absolute atomic E-state index is 15.2. The summed E-state index contributed by atoms with van der Waals surface area (Å²) in [4.78, 5) is 56.2. The van der Waals surface area contributed by atoms with E-state index in [1.807, 2.05) is 18.9 Å². The Morgan fingerprint density at radius 3 is 2.41 bits per heavy atom. The first-order valence-electron chi connectivity index (χ1n) is 21.3. The van der Waals surface area contributed by atoms with Crippen LogP contribution in [0.3, 0.4) is 0 Å². The number of ether oxygens (including phenoxy) is 1. The quantitative estimate of drug-likeness (QED) is 0.242. The lowest BCUT2D eigenvalue weighted by Crippen LogP contribution is -2.54. The molecule has 0 unspecified atom stereocenters. The highest BCUT2D eigenvalue weighted by atomic mass is 19.1. The fraction of sp³-hybridized carbons (Fsp3) is 0.467. The van der Waals surface area contributed by atoms with Gasteiger partial charge in [0.2, 0.25) is 23.7 Å². The van der Waals surface area contributed by atoms with Crippen molar-refractivity contribution in [3.05, 3.63) is 82.2 Å². The minimum Gasteiger partial charge on any atom is -0.477 e. The highest BCUT2D eigenvalue weighted by molar-refractivity contribution is 6.19. The first kappa shape index (κ1) is 40.7. The summed E-state index contributed by atoms with van der Waals surface area (Å²) >= 11 is 0. The van der Waals surface area contributed by atoms with Crippen LogP contribution >= 0.6 is 0 Å². The largest absolute Gasteiger partial charge is 0.477 e. The van der Waals surface area contributed by atoms with Crippen molar-refractivity contribution in [3.8, 4) is 17.1 Å². The fourth-order valence-electron chi connectivity index (χ4n) is 9.36. The molecule has 0 aliphatic carbocycles. The Labute approximate surface area is 353 Å². The van der Waals surface area contributed by atoms with Crippen LogP contribution in [0.25, 0.3) is 11.3 Å². The summed E-state index contributed by atoms with van der Waals surface area (Å²) in [7, 11) is 1.84. The number of nitrogens with zero attached hydrogens (tertiary/aromatic N) is 8. The molecule has 2 N–H and O–H groups in total. The van der Waals surface area contributed by atoms with Gasteiger partial charge >= 0.3 is 0 Å². The number of piperidine rings is 1. The second-order valence-electron chi connectivity index (χ2n) is 17.4. The summed E-state index contributed by atoms with van der Waals surface area (Å²) in [6, 6.07) is 10.6. The smallest absolute Gasteiger partial charge is 0.280 e. The number of nitrogens with one attached hydrogen (secondary N) is 2. The van der Waals surface area contributed by atoms with E-state index in [1.165, 1.54) is 23.3 Å². The average Bonchev–Trinajstić information content (AvgIpc) is 3.73. The van der Waals surface area contributed by atoms with Crippen LogP contribution in [0.2, 0.25) is 0 Å². The van der Waals surface area contributed by atoms with Gasteiger partial charge in [0.25, 0.3) is 5.91 Å². The lowest BCUT2D eigenvalue weighted by Gasteiger charge is -2.45. The number of guanidine groups is 1. The molecule has 4 aromatic rings. The normalized spacial score (nSPS) is 22.5. The van der Waals surface area contributed by atoms with Crippen LogP contribution in [0.15, 0.2) is 47.6 Å². The Balaban J connectivity index is 0.833. The highest BCUT2D eigenvalue weighted by Gasteiger charge is 2.36. The average molecular weight is 835 g/mol. The SMILES string of the molecule is Cc1cc2cc(n1)-c1cnn(C)c1OCCC[C@@H](C)CN1/C(=N/C2=O)Nc2cc(C)c(CN3CCN(CC4CN(c5cc(F)c([C@H]6CCC(=O)NC6=O)c(F)c5)C4)CC3)cc21. The number of pyridine rings is 1. The maximum Gasteiger partial charge on any atom is 0.280 e. The number of carbonyl (C=O) groups is 3. The van der Waals surface area contributed by atoms with Crippen LogP contribution in [-0.4, -0.2) is 107 Å². The Kier molecular flexibility index (Phi) is 11.1. The number of anilines is 3. The Morgan fingerprint density at radius 1 is 0.902 bits per heavy atom. The third-order valence-corrected chi connectivity index (χ3v) is 12.7. The van der Waals surface area contributed by atoms with Crippen molar-refractivity contribution in [2.24, 2.45) is 23.9 Å². The molecular formula is C45H52F2N10O4. The summed E-state index contributed by atoms with van der Waals surface area (Å²) in [6.07, 6.45) is 3.66. The van der Waals surface area contributed by atoms with Crippen molar-refractivity contribution in [1.29, 1.82) is 0 Å². The van der Waals surface area contributed by atoms with Crippen LogP contribution in [0.1, 0.15) is 71.3 Å². The molecule has 3 amide bonds. The van der Waals surface area contributed by atoms with Crippen molar-refractivity contribution in [2.75, 3.05) is 74.1 Å². The molecule has 3 saturated heterocycles. The lowest BCUT2D eigenvalue weighted by molar-refractivity contribution is -0.134. The molecule has 14 nitrogen and oxygen atoms in total. The van der Waals surface area contributed by atoms with Gasteiger partial charge in [0.15, 0.2) is 0 Å². The van der Waals surface area contributed by atoms with E-state index in [0.29, 0.717) is 66.6 Å². The molecule has 7 heterocycles. The Morgan fingerprint density at radius 2 is 1.66 bits per heavy atom. The predicted octanol–water partition coefficient (Wildman–Crippen LogP) is 5.39. The minimum atomic E-state index is -1.00. The third kappa shape index (κ3) is 8.34. The maximum atomic E-state index is 15.2. The van der Waals surface area contributed by atoms with Gasteiger partial charge in [-0.15, -0.1) is 0 Å². The molecule has 0 saturated carbocycles. The summed E-state index contributed by atoms with van der Waals surface area (Å²) in [5.74, 6) is -2.11. The first-order valence-corrected chi connectivity index (χ1v) is 21.3. The summed E-state index contributed by atoms with van der Waals surface area (Å²) < 4.78 is 38.3. The summed E-state index contributed by atoms with van der Waals surface area (Å²) in [5.41, 5.74) is 7.07. The first-order chi connectivity index (χ1) is 29.4. The van der Waals surface area contributed by atoms with E-state index in [9.17, 15) is 14.4 Å². The number of aromatic nitrogens is 3. The van der Waals surface area contributed by atoms with Gasteiger partial charge in [-0.2, -0.15) is 10.1 Å². The second kappa shape index (κ2) is 16.6. The van der Waals surface area contributed by atoms with Crippen LogP contribution < -0.4 is 25.2 Å². The third-order valence-electron chi connectivity index (χ3n) is 12.7. The molecule has 9 rings (SSSR count). The topological polar surface area (TPSA) is 141 Å². The van der Waals surface area contributed by atoms with Gasteiger partial charge in [0.1, 0.15) is 11.6 Å². The molecule has 61 heavy (non-hydrogen) atoms. The summed E-state index contributed by atoms with van der Waals surface area (Å²) in [5, 5.41) is 10.1. The van der Waals surface area contributed by atoms with Crippen molar-refractivity contribution < 1.29 is 27.9 Å². The molecular weight excluding hydrogens is 783 g/mol. The van der Waals surface area contributed by atoms with Crippen molar-refractivity contribution in [1.82, 2.24) is 29.9 Å². The number of fused-ring (bicyclic) bond motifs is 7. The van der Waals surface area contributed by atoms with E-state index >= 15 is 8.78 Å². The summed E-state index contributed by atoms with van der Waals surface area (Å²) in [6.45, 7) is 14.3. The molecule has 3 fully saturated rings. The molecule has 2 bridgehead atoms. The van der Waals surface area contributed by atoms with Gasteiger partial charge < -0.3 is 24.8 Å².